The molecular formula is C16H24OS. The molecule has 1 nitrogen and oxygen atoms in total. The van der Waals surface area contributed by atoms with Gasteiger partial charge in [0.05, 0.1) is 6.10 Å². The van der Waals surface area contributed by atoms with Crippen molar-refractivity contribution in [2.45, 2.75) is 58.0 Å². The first-order valence-electron chi connectivity index (χ1n) is 7.47. The molecule has 2 fully saturated rings. The summed E-state index contributed by atoms with van der Waals surface area (Å²) in [5.41, 5.74) is 1.16. The lowest BCUT2D eigenvalue weighted by Crippen LogP contribution is -2.30. The van der Waals surface area contributed by atoms with E-state index in [4.69, 9.17) is 0 Å². The van der Waals surface area contributed by atoms with Gasteiger partial charge in [-0.2, -0.15) is 0 Å². The minimum Gasteiger partial charge on any atom is -0.388 e. The Bertz CT molecular complexity index is 398. The highest BCUT2D eigenvalue weighted by molar-refractivity contribution is 7.10. The van der Waals surface area contributed by atoms with Crippen LogP contribution in [0.4, 0.5) is 0 Å². The van der Waals surface area contributed by atoms with E-state index in [1.165, 1.54) is 49.8 Å². The molecule has 2 aliphatic rings. The number of hydrogen-bond donors (Lipinski definition) is 1. The highest BCUT2D eigenvalue weighted by atomic mass is 32.1. The van der Waals surface area contributed by atoms with Crippen LogP contribution in [-0.2, 0) is 0 Å². The normalized spacial score (nSPS) is 34.0. The standard InChI is InChI=1S/C16H24OS/c1-11-8-15(10-18-11)16(17)14-7-6-12-4-2-3-5-13(12)9-14/h8,10,12-14,16-17H,2-7,9H2,1H3. The molecule has 18 heavy (non-hydrogen) atoms. The van der Waals surface area contributed by atoms with Crippen LogP contribution < -0.4 is 0 Å². The molecule has 0 radical (unpaired) electrons. The fourth-order valence-electron chi connectivity index (χ4n) is 4.09. The number of fused-ring (bicyclic) bond motifs is 1. The second-order valence-corrected chi connectivity index (χ2v) is 7.43. The minimum atomic E-state index is -0.210. The summed E-state index contributed by atoms with van der Waals surface area (Å²) >= 11 is 1.76. The molecule has 2 heteroatoms. The lowest BCUT2D eigenvalue weighted by atomic mass is 9.66. The minimum absolute atomic E-state index is 0.210. The molecule has 4 unspecified atom stereocenters. The number of rotatable bonds is 2. The van der Waals surface area contributed by atoms with E-state index in [1.807, 2.05) is 0 Å². The topological polar surface area (TPSA) is 20.2 Å². The van der Waals surface area contributed by atoms with Crippen molar-refractivity contribution in [2.24, 2.45) is 17.8 Å². The van der Waals surface area contributed by atoms with Crippen molar-refractivity contribution in [1.82, 2.24) is 0 Å². The second kappa shape index (κ2) is 5.34. The lowest BCUT2D eigenvalue weighted by Gasteiger charge is -2.40. The maximum atomic E-state index is 10.6. The Kier molecular flexibility index (Phi) is 3.76. The molecule has 2 saturated carbocycles. The molecule has 0 saturated heterocycles. The van der Waals surface area contributed by atoms with Gasteiger partial charge in [-0.3, -0.25) is 0 Å². The molecule has 0 aromatic carbocycles. The van der Waals surface area contributed by atoms with Gasteiger partial charge in [0.15, 0.2) is 0 Å². The molecule has 1 aromatic heterocycles. The van der Waals surface area contributed by atoms with Crippen molar-refractivity contribution in [3.63, 3.8) is 0 Å². The SMILES string of the molecule is Cc1cc(C(O)C2CCC3CCCCC3C2)cs1. The van der Waals surface area contributed by atoms with Crippen LogP contribution in [0.5, 0.6) is 0 Å². The molecule has 1 heterocycles. The zero-order valence-electron chi connectivity index (χ0n) is 11.3. The van der Waals surface area contributed by atoms with Crippen LogP contribution in [0.25, 0.3) is 0 Å². The average Bonchev–Trinajstić information content (AvgIpc) is 2.84. The predicted molar refractivity (Wildman–Crippen MR) is 76.8 cm³/mol. The van der Waals surface area contributed by atoms with Crippen molar-refractivity contribution < 1.29 is 5.11 Å². The van der Waals surface area contributed by atoms with Crippen molar-refractivity contribution in [2.75, 3.05) is 0 Å². The number of aliphatic hydroxyl groups excluding tert-OH is 1. The largest absolute Gasteiger partial charge is 0.388 e. The van der Waals surface area contributed by atoms with E-state index in [0.717, 1.165) is 17.4 Å². The van der Waals surface area contributed by atoms with Crippen molar-refractivity contribution in [3.05, 3.63) is 21.9 Å². The Morgan fingerprint density at radius 1 is 1.17 bits per heavy atom. The first kappa shape index (κ1) is 12.7. The van der Waals surface area contributed by atoms with Gasteiger partial charge in [-0.1, -0.05) is 25.7 Å². The van der Waals surface area contributed by atoms with E-state index < -0.39 is 0 Å². The zero-order chi connectivity index (χ0) is 12.5. The Morgan fingerprint density at radius 3 is 2.67 bits per heavy atom. The summed E-state index contributed by atoms with van der Waals surface area (Å²) in [4.78, 5) is 1.32. The average molecular weight is 264 g/mol. The third kappa shape index (κ3) is 2.50. The third-order valence-corrected chi connectivity index (χ3v) is 6.00. The fourth-order valence-corrected chi connectivity index (χ4v) is 4.82. The molecule has 2 aliphatic carbocycles. The second-order valence-electron chi connectivity index (χ2n) is 6.31. The van der Waals surface area contributed by atoms with Gasteiger partial charge in [-0.05, 0) is 60.9 Å². The summed E-state index contributed by atoms with van der Waals surface area (Å²) in [6.45, 7) is 2.12. The van der Waals surface area contributed by atoms with E-state index in [9.17, 15) is 5.11 Å². The summed E-state index contributed by atoms with van der Waals surface area (Å²) in [6.07, 6.45) is 9.37. The number of thiophene rings is 1. The van der Waals surface area contributed by atoms with Gasteiger partial charge in [0.25, 0.3) is 0 Å². The van der Waals surface area contributed by atoms with Crippen LogP contribution in [0.15, 0.2) is 11.4 Å². The van der Waals surface area contributed by atoms with Crippen LogP contribution in [0.3, 0.4) is 0 Å². The molecule has 0 spiro atoms. The van der Waals surface area contributed by atoms with Crippen LogP contribution in [0, 0.1) is 24.7 Å². The molecule has 3 rings (SSSR count). The highest BCUT2D eigenvalue weighted by Crippen LogP contribution is 2.46. The van der Waals surface area contributed by atoms with E-state index in [2.05, 4.69) is 18.4 Å². The Morgan fingerprint density at radius 2 is 1.94 bits per heavy atom. The first-order valence-corrected chi connectivity index (χ1v) is 8.35. The molecule has 0 aliphatic heterocycles. The smallest absolute Gasteiger partial charge is 0.0826 e. The molecule has 1 N–H and O–H groups in total. The summed E-state index contributed by atoms with van der Waals surface area (Å²) in [7, 11) is 0. The molecule has 1 aromatic rings. The van der Waals surface area contributed by atoms with Gasteiger partial charge < -0.3 is 5.11 Å². The van der Waals surface area contributed by atoms with E-state index >= 15 is 0 Å². The van der Waals surface area contributed by atoms with Gasteiger partial charge in [-0.15, -0.1) is 11.3 Å². The van der Waals surface area contributed by atoms with Crippen molar-refractivity contribution in [3.8, 4) is 0 Å². The predicted octanol–water partition coefficient (Wildman–Crippen LogP) is 4.70. The summed E-state index contributed by atoms with van der Waals surface area (Å²) in [5, 5.41) is 12.7. The van der Waals surface area contributed by atoms with Crippen LogP contribution in [0.2, 0.25) is 0 Å². The zero-order valence-corrected chi connectivity index (χ0v) is 12.1. The van der Waals surface area contributed by atoms with Crippen molar-refractivity contribution >= 4 is 11.3 Å². The Hall–Kier alpha value is -0.340. The Balaban J connectivity index is 1.66. The molecule has 0 bridgehead atoms. The lowest BCUT2D eigenvalue weighted by molar-refractivity contribution is 0.0351. The number of aliphatic hydroxyl groups is 1. The molecule has 4 atom stereocenters. The van der Waals surface area contributed by atoms with Crippen LogP contribution in [0.1, 0.15) is 61.5 Å². The molecule has 0 amide bonds. The molecule has 100 valence electrons. The van der Waals surface area contributed by atoms with Gasteiger partial charge >= 0.3 is 0 Å². The Labute approximate surface area is 114 Å². The summed E-state index contributed by atoms with van der Waals surface area (Å²) in [6, 6.07) is 2.17. The van der Waals surface area contributed by atoms with E-state index in [0.29, 0.717) is 5.92 Å². The van der Waals surface area contributed by atoms with Crippen molar-refractivity contribution in [1.29, 1.82) is 0 Å². The molecular weight excluding hydrogens is 240 g/mol. The summed E-state index contributed by atoms with van der Waals surface area (Å²) in [5.74, 6) is 2.40. The maximum absolute atomic E-state index is 10.6. The summed E-state index contributed by atoms with van der Waals surface area (Å²) < 4.78 is 0. The van der Waals surface area contributed by atoms with Crippen LogP contribution in [-0.4, -0.2) is 5.11 Å². The first-order chi connectivity index (χ1) is 8.74. The number of hydrogen-bond acceptors (Lipinski definition) is 2. The number of aryl methyl sites for hydroxylation is 1. The quantitative estimate of drug-likeness (QED) is 0.821. The maximum Gasteiger partial charge on any atom is 0.0826 e. The van der Waals surface area contributed by atoms with Crippen LogP contribution >= 0.6 is 11.3 Å². The van der Waals surface area contributed by atoms with E-state index in [-0.39, 0.29) is 6.10 Å². The van der Waals surface area contributed by atoms with Gasteiger partial charge in [-0.25, -0.2) is 0 Å². The van der Waals surface area contributed by atoms with Gasteiger partial charge in [0, 0.05) is 4.88 Å². The monoisotopic (exact) mass is 264 g/mol. The highest BCUT2D eigenvalue weighted by Gasteiger charge is 2.35. The third-order valence-electron chi connectivity index (χ3n) is 5.12. The fraction of sp³-hybridized carbons (Fsp3) is 0.750. The van der Waals surface area contributed by atoms with Gasteiger partial charge in [0.1, 0.15) is 0 Å². The van der Waals surface area contributed by atoms with E-state index in [1.54, 1.807) is 11.3 Å². The van der Waals surface area contributed by atoms with Gasteiger partial charge in [0.2, 0.25) is 0 Å².